The van der Waals surface area contributed by atoms with Gasteiger partial charge in [-0.3, -0.25) is 4.79 Å². The maximum atomic E-state index is 14.0. The summed E-state index contributed by atoms with van der Waals surface area (Å²) in [6, 6.07) is 2.94. The molecule has 20 heavy (non-hydrogen) atoms. The Morgan fingerprint density at radius 1 is 1.35 bits per heavy atom. The summed E-state index contributed by atoms with van der Waals surface area (Å²) in [5.41, 5.74) is 6.68. The molecule has 0 spiro atoms. The largest absolute Gasteiger partial charge is 0.399 e. The van der Waals surface area contributed by atoms with E-state index >= 15 is 0 Å². The first-order chi connectivity index (χ1) is 9.41. The van der Waals surface area contributed by atoms with Crippen molar-refractivity contribution < 1.29 is 9.18 Å². The minimum atomic E-state index is -0.481. The third-order valence-corrected chi connectivity index (χ3v) is 4.26. The van der Waals surface area contributed by atoms with Crippen molar-refractivity contribution in [3.63, 3.8) is 0 Å². The predicted octanol–water partition coefficient (Wildman–Crippen LogP) is 3.42. The van der Waals surface area contributed by atoms with Gasteiger partial charge in [-0.1, -0.05) is 26.2 Å². The highest BCUT2D eigenvalue weighted by Gasteiger charge is 2.27. The van der Waals surface area contributed by atoms with Gasteiger partial charge in [-0.05, 0) is 42.9 Å². The molecule has 1 aromatic rings. The molecule has 2 rings (SSSR count). The molecule has 0 heterocycles. The Kier molecular flexibility index (Phi) is 4.31. The summed E-state index contributed by atoms with van der Waals surface area (Å²) in [7, 11) is 0. The highest BCUT2D eigenvalue weighted by atomic mass is 19.1. The van der Waals surface area contributed by atoms with Gasteiger partial charge in [-0.15, -0.1) is 0 Å². The first-order valence-corrected chi connectivity index (χ1v) is 7.25. The van der Waals surface area contributed by atoms with Crippen molar-refractivity contribution in [2.24, 2.45) is 5.41 Å². The Labute approximate surface area is 119 Å². The van der Waals surface area contributed by atoms with E-state index in [1.165, 1.54) is 31.4 Å². The van der Waals surface area contributed by atoms with Crippen LogP contribution in [0.5, 0.6) is 0 Å². The number of nitrogens with one attached hydrogen (secondary N) is 1. The van der Waals surface area contributed by atoms with Crippen molar-refractivity contribution in [2.45, 2.75) is 46.0 Å². The Morgan fingerprint density at radius 3 is 2.65 bits per heavy atom. The Morgan fingerprint density at radius 2 is 2.00 bits per heavy atom. The van der Waals surface area contributed by atoms with Crippen LogP contribution in [0.15, 0.2) is 12.1 Å². The van der Waals surface area contributed by atoms with E-state index in [1.807, 2.05) is 0 Å². The lowest BCUT2D eigenvalue weighted by Gasteiger charge is -2.33. The number of hydrogen-bond acceptors (Lipinski definition) is 2. The molecule has 0 bridgehead atoms. The van der Waals surface area contributed by atoms with Gasteiger partial charge in [0.2, 0.25) is 0 Å². The van der Waals surface area contributed by atoms with Crippen LogP contribution in [0.3, 0.4) is 0 Å². The third-order valence-electron chi connectivity index (χ3n) is 4.26. The number of carbonyl (C=O) groups is 1. The van der Waals surface area contributed by atoms with Gasteiger partial charge in [0.25, 0.3) is 5.91 Å². The monoisotopic (exact) mass is 278 g/mol. The molecule has 1 aliphatic carbocycles. The van der Waals surface area contributed by atoms with Crippen molar-refractivity contribution in [3.8, 4) is 0 Å². The molecule has 1 aliphatic rings. The van der Waals surface area contributed by atoms with Gasteiger partial charge in [-0.2, -0.15) is 0 Å². The number of hydrogen-bond donors (Lipinski definition) is 2. The SMILES string of the molecule is Cc1cc(N)cc(C(=O)NCC2(C)CCCCC2)c1F. The van der Waals surface area contributed by atoms with Crippen LogP contribution in [-0.2, 0) is 0 Å². The Balaban J connectivity index is 2.05. The van der Waals surface area contributed by atoms with E-state index in [9.17, 15) is 9.18 Å². The lowest BCUT2D eigenvalue weighted by molar-refractivity contribution is 0.0915. The van der Waals surface area contributed by atoms with Crippen molar-refractivity contribution in [1.29, 1.82) is 0 Å². The topological polar surface area (TPSA) is 55.1 Å². The molecule has 1 saturated carbocycles. The summed E-state index contributed by atoms with van der Waals surface area (Å²) in [5.74, 6) is -0.852. The van der Waals surface area contributed by atoms with Gasteiger partial charge < -0.3 is 11.1 Å². The molecule has 0 atom stereocenters. The number of aryl methyl sites for hydroxylation is 1. The summed E-state index contributed by atoms with van der Waals surface area (Å²) in [6.45, 7) is 4.40. The minimum absolute atomic E-state index is 0.0434. The fourth-order valence-corrected chi connectivity index (χ4v) is 2.93. The zero-order chi connectivity index (χ0) is 14.8. The van der Waals surface area contributed by atoms with Crippen LogP contribution in [-0.4, -0.2) is 12.5 Å². The smallest absolute Gasteiger partial charge is 0.254 e. The molecule has 0 saturated heterocycles. The van der Waals surface area contributed by atoms with Crippen LogP contribution in [0.2, 0.25) is 0 Å². The average molecular weight is 278 g/mol. The molecule has 3 nitrogen and oxygen atoms in total. The molecule has 3 N–H and O–H groups in total. The van der Waals surface area contributed by atoms with Crippen molar-refractivity contribution >= 4 is 11.6 Å². The summed E-state index contributed by atoms with van der Waals surface area (Å²) >= 11 is 0. The standard InChI is InChI=1S/C16H23FN2O/c1-11-8-12(18)9-13(14(11)17)15(20)19-10-16(2)6-4-3-5-7-16/h8-9H,3-7,10,18H2,1-2H3,(H,19,20). The zero-order valence-corrected chi connectivity index (χ0v) is 12.3. The van der Waals surface area contributed by atoms with Crippen LogP contribution in [0.4, 0.5) is 10.1 Å². The molecule has 1 fully saturated rings. The maximum absolute atomic E-state index is 14.0. The number of benzene rings is 1. The number of halogens is 1. The van der Waals surface area contributed by atoms with E-state index < -0.39 is 5.82 Å². The summed E-state index contributed by atoms with van der Waals surface area (Å²) in [5, 5.41) is 2.87. The normalized spacial score (nSPS) is 17.8. The number of nitrogen functional groups attached to an aromatic ring is 1. The lowest BCUT2D eigenvalue weighted by atomic mass is 9.76. The molecular weight excluding hydrogens is 255 g/mol. The Hall–Kier alpha value is -1.58. The number of anilines is 1. The number of rotatable bonds is 3. The van der Waals surface area contributed by atoms with Gasteiger partial charge in [0, 0.05) is 12.2 Å². The van der Waals surface area contributed by atoms with E-state index in [2.05, 4.69) is 12.2 Å². The summed E-state index contributed by atoms with van der Waals surface area (Å²) < 4.78 is 14.0. The summed E-state index contributed by atoms with van der Waals surface area (Å²) in [4.78, 5) is 12.1. The number of carbonyl (C=O) groups excluding carboxylic acids is 1. The summed E-state index contributed by atoms with van der Waals surface area (Å²) in [6.07, 6.45) is 5.92. The average Bonchev–Trinajstić information content (AvgIpc) is 2.41. The second-order valence-corrected chi connectivity index (χ2v) is 6.25. The first-order valence-electron chi connectivity index (χ1n) is 7.25. The number of nitrogens with two attached hydrogens (primary N) is 1. The van der Waals surface area contributed by atoms with E-state index in [4.69, 9.17) is 5.73 Å². The van der Waals surface area contributed by atoms with Crippen LogP contribution in [0.25, 0.3) is 0 Å². The molecule has 0 radical (unpaired) electrons. The highest BCUT2D eigenvalue weighted by Crippen LogP contribution is 2.35. The lowest BCUT2D eigenvalue weighted by Crippen LogP contribution is -2.37. The molecule has 0 unspecified atom stereocenters. The van der Waals surface area contributed by atoms with Crippen LogP contribution in [0.1, 0.15) is 54.9 Å². The van der Waals surface area contributed by atoms with E-state index in [0.29, 0.717) is 17.8 Å². The van der Waals surface area contributed by atoms with Gasteiger partial charge in [0.1, 0.15) is 5.82 Å². The van der Waals surface area contributed by atoms with Gasteiger partial charge in [0.05, 0.1) is 5.56 Å². The highest BCUT2D eigenvalue weighted by molar-refractivity contribution is 5.95. The number of amides is 1. The fourth-order valence-electron chi connectivity index (χ4n) is 2.93. The second-order valence-electron chi connectivity index (χ2n) is 6.25. The molecule has 1 aromatic carbocycles. The van der Waals surface area contributed by atoms with Crippen molar-refractivity contribution in [3.05, 3.63) is 29.1 Å². The van der Waals surface area contributed by atoms with Crippen LogP contribution >= 0.6 is 0 Å². The molecule has 4 heteroatoms. The fraction of sp³-hybridized carbons (Fsp3) is 0.562. The molecular formula is C16H23FN2O. The first kappa shape index (κ1) is 14.8. The van der Waals surface area contributed by atoms with Gasteiger partial charge in [0.15, 0.2) is 0 Å². The molecule has 0 aromatic heterocycles. The molecule has 0 aliphatic heterocycles. The maximum Gasteiger partial charge on any atom is 0.254 e. The van der Waals surface area contributed by atoms with Crippen LogP contribution < -0.4 is 11.1 Å². The molecule has 1 amide bonds. The van der Waals surface area contributed by atoms with Gasteiger partial charge in [-0.25, -0.2) is 4.39 Å². The van der Waals surface area contributed by atoms with Gasteiger partial charge >= 0.3 is 0 Å². The predicted molar refractivity (Wildman–Crippen MR) is 79.1 cm³/mol. The zero-order valence-electron chi connectivity index (χ0n) is 12.3. The van der Waals surface area contributed by atoms with E-state index in [-0.39, 0.29) is 16.9 Å². The van der Waals surface area contributed by atoms with Crippen molar-refractivity contribution in [2.75, 3.05) is 12.3 Å². The van der Waals surface area contributed by atoms with E-state index in [1.54, 1.807) is 6.92 Å². The second kappa shape index (κ2) is 5.81. The van der Waals surface area contributed by atoms with Crippen LogP contribution in [0, 0.1) is 18.2 Å². The quantitative estimate of drug-likeness (QED) is 0.832. The van der Waals surface area contributed by atoms with Crippen molar-refractivity contribution in [1.82, 2.24) is 5.32 Å². The Bertz CT molecular complexity index is 507. The minimum Gasteiger partial charge on any atom is -0.399 e. The molecule has 110 valence electrons. The third kappa shape index (κ3) is 3.30. The van der Waals surface area contributed by atoms with E-state index in [0.717, 1.165) is 12.8 Å².